The number of benzene rings is 2. The van der Waals surface area contributed by atoms with Gasteiger partial charge in [0, 0.05) is 34.2 Å². The summed E-state index contributed by atoms with van der Waals surface area (Å²) in [6, 6.07) is 8.56. The van der Waals surface area contributed by atoms with Gasteiger partial charge in [0.15, 0.2) is 5.13 Å². The van der Waals surface area contributed by atoms with E-state index in [1.165, 1.54) is 36.7 Å². The Kier molecular flexibility index (Phi) is 11.0. The molecule has 0 spiro atoms. The van der Waals surface area contributed by atoms with Crippen LogP contribution in [0, 0.1) is 0 Å². The Morgan fingerprint density at radius 2 is 1.89 bits per heavy atom. The van der Waals surface area contributed by atoms with Crippen molar-refractivity contribution in [3.8, 4) is 17.0 Å². The molecule has 0 unspecified atom stereocenters. The number of para-hydroxylation sites is 1. The van der Waals surface area contributed by atoms with E-state index >= 15 is 0 Å². The van der Waals surface area contributed by atoms with Crippen molar-refractivity contribution in [3.63, 3.8) is 0 Å². The van der Waals surface area contributed by atoms with Gasteiger partial charge in [0.1, 0.15) is 5.75 Å². The number of hydrogen-bond donors (Lipinski definition) is 2. The van der Waals surface area contributed by atoms with Crippen molar-refractivity contribution >= 4 is 57.6 Å². The van der Waals surface area contributed by atoms with E-state index < -0.39 is 11.9 Å². The number of unbranched alkanes of at least 4 members (excludes halogenated alkanes) is 2. The van der Waals surface area contributed by atoms with Crippen LogP contribution in [0.4, 0.5) is 5.13 Å². The fourth-order valence-corrected chi connectivity index (χ4v) is 4.90. The third-order valence-electron chi connectivity index (χ3n) is 5.50. The Morgan fingerprint density at radius 1 is 1.16 bits per heavy atom. The van der Waals surface area contributed by atoms with Crippen molar-refractivity contribution in [2.24, 2.45) is 0 Å². The normalized spacial score (nSPS) is 11.3. The molecular formula is C27H28Cl2N2O6S. The molecule has 2 N–H and O–H groups in total. The maximum absolute atomic E-state index is 12.9. The number of aliphatic carboxylic acids is 1. The van der Waals surface area contributed by atoms with Gasteiger partial charge in [-0.05, 0) is 30.7 Å². The zero-order valence-electron chi connectivity index (χ0n) is 21.2. The zero-order chi connectivity index (χ0) is 27.7. The van der Waals surface area contributed by atoms with Crippen LogP contribution < -0.4 is 10.1 Å². The van der Waals surface area contributed by atoms with Gasteiger partial charge >= 0.3 is 5.97 Å². The fourth-order valence-electron chi connectivity index (χ4n) is 3.59. The van der Waals surface area contributed by atoms with E-state index in [1.807, 2.05) is 23.6 Å². The van der Waals surface area contributed by atoms with Gasteiger partial charge in [-0.1, -0.05) is 55.1 Å². The summed E-state index contributed by atoms with van der Waals surface area (Å²) in [6.45, 7) is 3.27. The number of aromatic nitrogens is 1. The van der Waals surface area contributed by atoms with E-state index in [1.54, 1.807) is 7.11 Å². The van der Waals surface area contributed by atoms with E-state index in [4.69, 9.17) is 42.5 Å². The highest BCUT2D eigenvalue weighted by atomic mass is 35.5. The van der Waals surface area contributed by atoms with Gasteiger partial charge < -0.3 is 19.3 Å². The lowest BCUT2D eigenvalue weighted by atomic mass is 10.1. The van der Waals surface area contributed by atoms with E-state index in [9.17, 15) is 9.59 Å². The van der Waals surface area contributed by atoms with Crippen LogP contribution in [0.15, 0.2) is 41.5 Å². The summed E-state index contributed by atoms with van der Waals surface area (Å²) in [4.78, 5) is 28.7. The highest BCUT2D eigenvalue weighted by Crippen LogP contribution is 2.36. The number of rotatable bonds is 13. The minimum atomic E-state index is -1.28. The van der Waals surface area contributed by atoms with Crippen molar-refractivity contribution in [2.45, 2.75) is 32.8 Å². The number of carboxylic acids is 1. The predicted molar refractivity (Wildman–Crippen MR) is 150 cm³/mol. The van der Waals surface area contributed by atoms with E-state index in [0.717, 1.165) is 30.4 Å². The van der Waals surface area contributed by atoms with Gasteiger partial charge in [-0.3, -0.25) is 10.1 Å². The van der Waals surface area contributed by atoms with Gasteiger partial charge in [-0.15, -0.1) is 11.3 Å². The molecule has 0 radical (unpaired) electrons. The lowest BCUT2D eigenvalue weighted by Crippen LogP contribution is -2.12. The smallest absolute Gasteiger partial charge is 0.371 e. The molecule has 202 valence electrons. The topological polar surface area (TPSA) is 107 Å². The summed E-state index contributed by atoms with van der Waals surface area (Å²) in [6.07, 6.45) is 4.47. The SMILES string of the molecule is CCCCCOCc1cccc(-c2csc(NC(=O)c3cc(Cl)c(C=C(OC)C(=O)O)c(Cl)c3)n2)c1OC. The number of ether oxygens (including phenoxy) is 3. The van der Waals surface area contributed by atoms with Crippen LogP contribution in [0.5, 0.6) is 5.75 Å². The fraction of sp³-hybridized carbons (Fsp3) is 0.296. The first-order valence-electron chi connectivity index (χ1n) is 11.8. The number of carbonyl (C=O) groups excluding carboxylic acids is 1. The van der Waals surface area contributed by atoms with Crippen LogP contribution >= 0.6 is 34.5 Å². The molecule has 0 atom stereocenters. The highest BCUT2D eigenvalue weighted by Gasteiger charge is 2.18. The number of thiazole rings is 1. The van der Waals surface area contributed by atoms with E-state index in [0.29, 0.717) is 29.8 Å². The summed E-state index contributed by atoms with van der Waals surface area (Å²) in [5, 5.41) is 14.3. The molecule has 1 aromatic heterocycles. The third-order valence-corrected chi connectivity index (χ3v) is 6.88. The number of amides is 1. The molecule has 38 heavy (non-hydrogen) atoms. The highest BCUT2D eigenvalue weighted by molar-refractivity contribution is 7.14. The van der Waals surface area contributed by atoms with Crippen LogP contribution in [0.25, 0.3) is 17.3 Å². The molecule has 2 aromatic carbocycles. The van der Waals surface area contributed by atoms with Gasteiger partial charge in [-0.2, -0.15) is 0 Å². The van der Waals surface area contributed by atoms with Crippen molar-refractivity contribution in [3.05, 3.63) is 68.2 Å². The minimum Gasteiger partial charge on any atom is -0.496 e. The van der Waals surface area contributed by atoms with E-state index in [2.05, 4.69) is 17.2 Å². The standard InChI is InChI=1S/C27H28Cl2N2O6S/c1-4-5-6-10-37-14-16-8-7-9-18(24(16)36-3)22-15-38-27(30-22)31-25(32)17-11-20(28)19(21(29)12-17)13-23(35-2)26(33)34/h7-9,11-13,15H,4-6,10,14H2,1-3H3,(H,33,34)(H,30,31,32). The van der Waals surface area contributed by atoms with Crippen molar-refractivity contribution in [1.29, 1.82) is 0 Å². The summed E-state index contributed by atoms with van der Waals surface area (Å²) >= 11 is 13.8. The number of anilines is 1. The van der Waals surface area contributed by atoms with Gasteiger partial charge in [-0.25, -0.2) is 9.78 Å². The number of methoxy groups -OCH3 is 2. The summed E-state index contributed by atoms with van der Waals surface area (Å²) < 4.78 is 16.3. The molecule has 11 heteroatoms. The van der Waals surface area contributed by atoms with Crippen LogP contribution in [-0.4, -0.2) is 42.8 Å². The number of nitrogens with one attached hydrogen (secondary N) is 1. The number of carbonyl (C=O) groups is 2. The first-order chi connectivity index (χ1) is 18.3. The molecule has 0 aliphatic rings. The van der Waals surface area contributed by atoms with Crippen LogP contribution in [0.1, 0.15) is 47.7 Å². The largest absolute Gasteiger partial charge is 0.496 e. The van der Waals surface area contributed by atoms with Gasteiger partial charge in [0.25, 0.3) is 5.91 Å². The second-order valence-electron chi connectivity index (χ2n) is 8.12. The molecule has 0 fully saturated rings. The molecule has 0 saturated heterocycles. The lowest BCUT2D eigenvalue weighted by Gasteiger charge is -2.13. The Balaban J connectivity index is 1.77. The molecule has 0 bridgehead atoms. The maximum atomic E-state index is 12.9. The Hall–Kier alpha value is -3.11. The van der Waals surface area contributed by atoms with Crippen LogP contribution in [0.3, 0.4) is 0 Å². The molecule has 3 aromatic rings. The maximum Gasteiger partial charge on any atom is 0.371 e. The minimum absolute atomic E-state index is 0.0942. The number of carboxylic acid groups (broad SMARTS) is 1. The van der Waals surface area contributed by atoms with Crippen molar-refractivity contribution in [2.75, 3.05) is 26.1 Å². The monoisotopic (exact) mass is 578 g/mol. The Morgan fingerprint density at radius 3 is 2.53 bits per heavy atom. The first-order valence-corrected chi connectivity index (χ1v) is 13.4. The molecular weight excluding hydrogens is 551 g/mol. The summed E-state index contributed by atoms with van der Waals surface area (Å²) in [5.41, 5.74) is 2.75. The molecule has 1 heterocycles. The van der Waals surface area contributed by atoms with Crippen LogP contribution in [0.2, 0.25) is 10.0 Å². The van der Waals surface area contributed by atoms with Crippen LogP contribution in [-0.2, 0) is 20.9 Å². The van der Waals surface area contributed by atoms with E-state index in [-0.39, 0.29) is 26.9 Å². The summed E-state index contributed by atoms with van der Waals surface area (Å²) in [5.74, 6) is -1.42. The second kappa shape index (κ2) is 14.2. The quantitative estimate of drug-likeness (QED) is 0.126. The molecule has 0 aliphatic carbocycles. The molecule has 1 amide bonds. The molecule has 3 rings (SSSR count). The lowest BCUT2D eigenvalue weighted by molar-refractivity contribution is -0.135. The predicted octanol–water partition coefficient (Wildman–Crippen LogP) is 7.16. The van der Waals surface area contributed by atoms with Gasteiger partial charge in [0.05, 0.1) is 36.6 Å². The number of hydrogen-bond acceptors (Lipinski definition) is 7. The summed E-state index contributed by atoms with van der Waals surface area (Å²) in [7, 11) is 2.83. The first kappa shape index (κ1) is 29.4. The molecule has 0 saturated carbocycles. The zero-order valence-corrected chi connectivity index (χ0v) is 23.5. The number of nitrogens with zero attached hydrogens (tertiary/aromatic N) is 1. The van der Waals surface area contributed by atoms with Crippen molar-refractivity contribution in [1.82, 2.24) is 4.98 Å². The van der Waals surface area contributed by atoms with Gasteiger partial charge in [0.2, 0.25) is 5.76 Å². The average molecular weight is 580 g/mol. The Labute approximate surface area is 235 Å². The molecule has 8 nitrogen and oxygen atoms in total. The average Bonchev–Trinajstić information content (AvgIpc) is 3.35. The molecule has 0 aliphatic heterocycles. The third kappa shape index (κ3) is 7.48. The number of halogens is 2. The second-order valence-corrected chi connectivity index (χ2v) is 9.79. The Bertz CT molecular complexity index is 1300. The van der Waals surface area contributed by atoms with Crippen molar-refractivity contribution < 1.29 is 28.9 Å².